The van der Waals surface area contributed by atoms with Gasteiger partial charge < -0.3 is 9.72 Å². The maximum atomic E-state index is 12.9. The molecule has 0 bridgehead atoms. The van der Waals surface area contributed by atoms with E-state index in [4.69, 9.17) is 4.74 Å². The SMILES string of the molecule is Cc1[nH]c2ccccc2c1C(=O)C(C)OC(=O)/C=C/c1ccc2ccccc2n1. The molecule has 2 aromatic carbocycles. The van der Waals surface area contributed by atoms with Crippen molar-refractivity contribution in [3.63, 3.8) is 0 Å². The Kier molecular flexibility index (Phi) is 4.96. The van der Waals surface area contributed by atoms with Crippen molar-refractivity contribution in [1.29, 1.82) is 0 Å². The number of ketones is 1. The summed E-state index contributed by atoms with van der Waals surface area (Å²) in [4.78, 5) is 32.8. The Hall–Kier alpha value is -3.73. The number of benzene rings is 2. The molecule has 5 nitrogen and oxygen atoms in total. The van der Waals surface area contributed by atoms with Crippen molar-refractivity contribution in [3.8, 4) is 0 Å². The van der Waals surface area contributed by atoms with E-state index < -0.39 is 12.1 Å². The van der Waals surface area contributed by atoms with Crippen molar-refractivity contribution in [2.45, 2.75) is 20.0 Å². The Labute approximate surface area is 168 Å². The number of hydrogen-bond acceptors (Lipinski definition) is 4. The monoisotopic (exact) mass is 384 g/mol. The molecule has 5 heteroatoms. The fraction of sp³-hybridized carbons (Fsp3) is 0.125. The molecule has 0 saturated carbocycles. The lowest BCUT2D eigenvalue weighted by atomic mass is 10.0. The maximum absolute atomic E-state index is 12.9. The van der Waals surface area contributed by atoms with Gasteiger partial charge in [0.15, 0.2) is 6.10 Å². The van der Waals surface area contributed by atoms with Crippen LogP contribution >= 0.6 is 0 Å². The molecular formula is C24H20N2O3. The third-order valence-electron chi connectivity index (χ3n) is 4.81. The van der Waals surface area contributed by atoms with Crippen LogP contribution in [0.4, 0.5) is 0 Å². The number of nitrogens with one attached hydrogen (secondary N) is 1. The first kappa shape index (κ1) is 18.6. The molecule has 0 aliphatic carbocycles. The Bertz CT molecular complexity index is 1250. The van der Waals surface area contributed by atoms with Crippen molar-refractivity contribution in [3.05, 3.63) is 83.7 Å². The van der Waals surface area contributed by atoms with Crippen molar-refractivity contribution in [2.75, 3.05) is 0 Å². The molecule has 1 atom stereocenters. The molecule has 2 aromatic heterocycles. The number of H-pyrrole nitrogens is 1. The molecule has 0 radical (unpaired) electrons. The minimum atomic E-state index is -0.894. The highest BCUT2D eigenvalue weighted by molar-refractivity contribution is 6.11. The second-order valence-electron chi connectivity index (χ2n) is 6.88. The van der Waals surface area contributed by atoms with Crippen LogP contribution in [0, 0.1) is 6.92 Å². The molecule has 0 fully saturated rings. The standard InChI is InChI=1S/C24H20N2O3/c1-15-23(19-8-4-6-10-21(19)25-15)24(28)16(2)29-22(27)14-13-18-12-11-17-7-3-5-9-20(17)26-18/h3-14,16,25H,1-2H3/b14-13+. The Morgan fingerprint density at radius 2 is 1.79 bits per heavy atom. The van der Waals surface area contributed by atoms with Gasteiger partial charge in [-0.25, -0.2) is 9.78 Å². The van der Waals surface area contributed by atoms with Gasteiger partial charge in [-0.2, -0.15) is 0 Å². The summed E-state index contributed by atoms with van der Waals surface area (Å²) in [5.74, 6) is -0.816. The smallest absolute Gasteiger partial charge is 0.331 e. The van der Waals surface area contributed by atoms with Gasteiger partial charge in [-0.15, -0.1) is 0 Å². The lowest BCUT2D eigenvalue weighted by Crippen LogP contribution is -2.24. The van der Waals surface area contributed by atoms with E-state index in [1.165, 1.54) is 6.08 Å². The predicted octanol–water partition coefficient (Wildman–Crippen LogP) is 4.85. The number of Topliss-reactive ketones (excluding diaryl/α,β-unsaturated/α-hetero) is 1. The van der Waals surface area contributed by atoms with E-state index in [0.29, 0.717) is 11.3 Å². The van der Waals surface area contributed by atoms with Gasteiger partial charge in [0.05, 0.1) is 11.2 Å². The second-order valence-corrected chi connectivity index (χ2v) is 6.88. The highest BCUT2D eigenvalue weighted by atomic mass is 16.5. The number of aromatic amines is 1. The number of pyridine rings is 1. The van der Waals surface area contributed by atoms with Crippen molar-refractivity contribution in [2.24, 2.45) is 0 Å². The van der Waals surface area contributed by atoms with E-state index in [9.17, 15) is 9.59 Å². The Morgan fingerprint density at radius 1 is 1.03 bits per heavy atom. The summed E-state index contributed by atoms with van der Waals surface area (Å²) in [7, 11) is 0. The fourth-order valence-corrected chi connectivity index (χ4v) is 3.39. The molecule has 0 aliphatic rings. The van der Waals surface area contributed by atoms with Crippen molar-refractivity contribution in [1.82, 2.24) is 9.97 Å². The van der Waals surface area contributed by atoms with Crippen LogP contribution in [-0.2, 0) is 9.53 Å². The molecule has 1 unspecified atom stereocenters. The zero-order valence-electron chi connectivity index (χ0n) is 16.2. The number of rotatable bonds is 5. The molecule has 0 amide bonds. The van der Waals surface area contributed by atoms with E-state index >= 15 is 0 Å². The fourth-order valence-electron chi connectivity index (χ4n) is 3.39. The van der Waals surface area contributed by atoms with E-state index in [-0.39, 0.29) is 5.78 Å². The summed E-state index contributed by atoms with van der Waals surface area (Å²) in [5.41, 5.74) is 3.69. The van der Waals surface area contributed by atoms with Gasteiger partial charge in [0.2, 0.25) is 5.78 Å². The number of nitrogens with zero attached hydrogens (tertiary/aromatic N) is 1. The summed E-state index contributed by atoms with van der Waals surface area (Å²) in [6.07, 6.45) is 1.99. The highest BCUT2D eigenvalue weighted by Gasteiger charge is 2.23. The van der Waals surface area contributed by atoms with Gasteiger partial charge >= 0.3 is 5.97 Å². The number of aromatic nitrogens is 2. The molecule has 0 saturated heterocycles. The summed E-state index contributed by atoms with van der Waals surface area (Å²) < 4.78 is 5.33. The van der Waals surface area contributed by atoms with Crippen LogP contribution in [0.25, 0.3) is 27.9 Å². The number of para-hydroxylation sites is 2. The van der Waals surface area contributed by atoms with Crippen LogP contribution in [0.5, 0.6) is 0 Å². The summed E-state index contributed by atoms with van der Waals surface area (Å²) in [6.45, 7) is 3.43. The van der Waals surface area contributed by atoms with Crippen LogP contribution in [0.15, 0.2) is 66.7 Å². The molecule has 4 aromatic rings. The van der Waals surface area contributed by atoms with Gasteiger partial charge in [-0.05, 0) is 38.1 Å². The van der Waals surface area contributed by atoms with E-state index in [0.717, 1.165) is 27.5 Å². The number of hydrogen-bond donors (Lipinski definition) is 1. The van der Waals surface area contributed by atoms with Gasteiger partial charge in [-0.1, -0.05) is 42.5 Å². The Morgan fingerprint density at radius 3 is 2.66 bits per heavy atom. The van der Waals surface area contributed by atoms with Crippen LogP contribution in [0.2, 0.25) is 0 Å². The van der Waals surface area contributed by atoms with Gasteiger partial charge in [0, 0.05) is 33.6 Å². The molecule has 1 N–H and O–H groups in total. The molecule has 0 aliphatic heterocycles. The maximum Gasteiger partial charge on any atom is 0.331 e. The first-order valence-electron chi connectivity index (χ1n) is 9.39. The van der Waals surface area contributed by atoms with E-state index in [1.807, 2.05) is 67.6 Å². The largest absolute Gasteiger partial charge is 0.451 e. The normalized spacial score (nSPS) is 12.5. The first-order valence-corrected chi connectivity index (χ1v) is 9.39. The molecule has 0 spiro atoms. The lowest BCUT2D eigenvalue weighted by Gasteiger charge is -2.11. The number of carbonyl (C=O) groups is 2. The third-order valence-corrected chi connectivity index (χ3v) is 4.81. The molecular weight excluding hydrogens is 364 g/mol. The quantitative estimate of drug-likeness (QED) is 0.303. The van der Waals surface area contributed by atoms with Gasteiger partial charge in [0.1, 0.15) is 0 Å². The van der Waals surface area contributed by atoms with Gasteiger partial charge in [0.25, 0.3) is 0 Å². The third kappa shape index (κ3) is 3.80. The van der Waals surface area contributed by atoms with Crippen molar-refractivity contribution < 1.29 is 14.3 Å². The highest BCUT2D eigenvalue weighted by Crippen LogP contribution is 2.24. The summed E-state index contributed by atoms with van der Waals surface area (Å²) in [5, 5.41) is 1.86. The van der Waals surface area contributed by atoms with Crippen molar-refractivity contribution >= 4 is 39.6 Å². The van der Waals surface area contributed by atoms with E-state index in [2.05, 4.69) is 9.97 Å². The van der Waals surface area contributed by atoms with E-state index in [1.54, 1.807) is 13.0 Å². The molecule has 144 valence electrons. The van der Waals surface area contributed by atoms with Crippen LogP contribution in [0.3, 0.4) is 0 Å². The number of esters is 1. The van der Waals surface area contributed by atoms with Crippen LogP contribution < -0.4 is 0 Å². The second kappa shape index (κ2) is 7.72. The minimum Gasteiger partial charge on any atom is -0.451 e. The number of aryl methyl sites for hydroxylation is 1. The zero-order chi connectivity index (χ0) is 20.4. The molecule has 2 heterocycles. The van der Waals surface area contributed by atoms with Gasteiger partial charge in [-0.3, -0.25) is 4.79 Å². The number of fused-ring (bicyclic) bond motifs is 2. The lowest BCUT2D eigenvalue weighted by molar-refractivity contribution is -0.140. The average molecular weight is 384 g/mol. The molecule has 4 rings (SSSR count). The number of ether oxygens (including phenoxy) is 1. The number of carbonyl (C=O) groups excluding carboxylic acids is 2. The Balaban J connectivity index is 1.47. The average Bonchev–Trinajstić information content (AvgIpc) is 3.07. The summed E-state index contributed by atoms with van der Waals surface area (Å²) in [6, 6.07) is 19.1. The van der Waals surface area contributed by atoms with Crippen LogP contribution in [-0.4, -0.2) is 27.8 Å². The summed E-state index contributed by atoms with van der Waals surface area (Å²) >= 11 is 0. The topological polar surface area (TPSA) is 72.1 Å². The van der Waals surface area contributed by atoms with Crippen LogP contribution in [0.1, 0.15) is 28.7 Å². The predicted molar refractivity (Wildman–Crippen MR) is 114 cm³/mol. The first-order chi connectivity index (χ1) is 14.0. The minimum absolute atomic E-state index is 0.231. The molecule has 29 heavy (non-hydrogen) atoms. The zero-order valence-corrected chi connectivity index (χ0v) is 16.2.